The van der Waals surface area contributed by atoms with Crippen LogP contribution >= 0.6 is 0 Å². The van der Waals surface area contributed by atoms with Crippen molar-refractivity contribution in [2.24, 2.45) is 0 Å². The van der Waals surface area contributed by atoms with Crippen LogP contribution in [0.3, 0.4) is 0 Å². The van der Waals surface area contributed by atoms with Crippen LogP contribution in [0.2, 0.25) is 0 Å². The SMILES string of the molecule is Cc1cccc(NS(=O)(=O)c2c(C(=O)O)n[nH]c2C)c1. The number of hydrogen-bond acceptors (Lipinski definition) is 4. The number of rotatable bonds is 4. The van der Waals surface area contributed by atoms with E-state index in [1.54, 1.807) is 18.2 Å². The second kappa shape index (κ2) is 4.97. The van der Waals surface area contributed by atoms with Gasteiger partial charge in [-0.05, 0) is 31.5 Å². The van der Waals surface area contributed by atoms with Gasteiger partial charge in [-0.15, -0.1) is 0 Å². The number of aromatic amines is 1. The number of carboxylic acid groups (broad SMARTS) is 1. The lowest BCUT2D eigenvalue weighted by Crippen LogP contribution is -2.17. The molecule has 0 aliphatic rings. The number of aryl methyl sites for hydroxylation is 2. The molecule has 0 amide bonds. The smallest absolute Gasteiger partial charge is 0.357 e. The molecule has 0 atom stereocenters. The predicted octanol–water partition coefficient (Wildman–Crippen LogP) is 1.53. The molecule has 7 nitrogen and oxygen atoms in total. The summed E-state index contributed by atoms with van der Waals surface area (Å²) in [7, 11) is -4.02. The highest BCUT2D eigenvalue weighted by molar-refractivity contribution is 7.92. The van der Waals surface area contributed by atoms with Gasteiger partial charge in [-0.25, -0.2) is 13.2 Å². The first kappa shape index (κ1) is 14.1. The van der Waals surface area contributed by atoms with E-state index in [9.17, 15) is 13.2 Å². The Bertz CT molecular complexity index is 765. The zero-order valence-electron chi connectivity index (χ0n) is 10.8. The molecular formula is C12H13N3O4S. The van der Waals surface area contributed by atoms with Crippen molar-refractivity contribution >= 4 is 21.7 Å². The maximum atomic E-state index is 12.3. The van der Waals surface area contributed by atoms with E-state index in [2.05, 4.69) is 14.9 Å². The van der Waals surface area contributed by atoms with Crippen molar-refractivity contribution in [3.63, 3.8) is 0 Å². The highest BCUT2D eigenvalue weighted by Crippen LogP contribution is 2.21. The van der Waals surface area contributed by atoms with E-state index in [-0.39, 0.29) is 10.6 Å². The molecule has 1 aromatic carbocycles. The molecule has 3 N–H and O–H groups in total. The molecule has 0 spiro atoms. The molecule has 0 saturated carbocycles. The van der Waals surface area contributed by atoms with E-state index < -0.39 is 21.7 Å². The molecule has 0 saturated heterocycles. The minimum atomic E-state index is -4.02. The minimum Gasteiger partial charge on any atom is -0.476 e. The second-order valence-electron chi connectivity index (χ2n) is 4.31. The third-order valence-electron chi connectivity index (χ3n) is 2.63. The summed E-state index contributed by atoms with van der Waals surface area (Å²) >= 11 is 0. The molecule has 8 heteroatoms. The molecule has 2 rings (SSSR count). The summed E-state index contributed by atoms with van der Waals surface area (Å²) in [6, 6.07) is 6.75. The van der Waals surface area contributed by atoms with Gasteiger partial charge in [0.25, 0.3) is 10.0 Å². The highest BCUT2D eigenvalue weighted by Gasteiger charge is 2.28. The molecule has 1 aromatic heterocycles. The van der Waals surface area contributed by atoms with Crippen LogP contribution in [0.1, 0.15) is 21.7 Å². The fourth-order valence-electron chi connectivity index (χ4n) is 1.81. The molecule has 0 aliphatic heterocycles. The van der Waals surface area contributed by atoms with Crippen LogP contribution < -0.4 is 4.72 Å². The third-order valence-corrected chi connectivity index (χ3v) is 4.17. The van der Waals surface area contributed by atoms with E-state index in [1.807, 2.05) is 13.0 Å². The van der Waals surface area contributed by atoms with Crippen LogP contribution in [0.15, 0.2) is 29.2 Å². The molecule has 1 heterocycles. The van der Waals surface area contributed by atoms with Gasteiger partial charge in [0, 0.05) is 5.69 Å². The Balaban J connectivity index is 2.46. The molecule has 20 heavy (non-hydrogen) atoms. The topological polar surface area (TPSA) is 112 Å². The summed E-state index contributed by atoms with van der Waals surface area (Å²) in [4.78, 5) is 10.7. The lowest BCUT2D eigenvalue weighted by molar-refractivity contribution is 0.0686. The van der Waals surface area contributed by atoms with E-state index in [0.717, 1.165) is 5.56 Å². The van der Waals surface area contributed by atoms with Gasteiger partial charge in [-0.3, -0.25) is 9.82 Å². The van der Waals surface area contributed by atoms with Crippen LogP contribution in [0, 0.1) is 13.8 Å². The van der Waals surface area contributed by atoms with Crippen molar-refractivity contribution in [2.45, 2.75) is 18.7 Å². The fraction of sp³-hybridized carbons (Fsp3) is 0.167. The molecular weight excluding hydrogens is 282 g/mol. The summed E-state index contributed by atoms with van der Waals surface area (Å²) in [5, 5.41) is 14.8. The van der Waals surface area contributed by atoms with Crippen LogP contribution in [-0.4, -0.2) is 29.7 Å². The van der Waals surface area contributed by atoms with Crippen LogP contribution in [-0.2, 0) is 10.0 Å². The average Bonchev–Trinajstić information content (AvgIpc) is 2.71. The molecule has 106 valence electrons. The summed E-state index contributed by atoms with van der Waals surface area (Å²) in [5.41, 5.74) is 0.889. The van der Waals surface area contributed by atoms with Crippen molar-refractivity contribution in [1.82, 2.24) is 10.2 Å². The first-order valence-corrected chi connectivity index (χ1v) is 7.17. The number of aromatic nitrogens is 2. The zero-order chi connectivity index (χ0) is 14.9. The zero-order valence-corrected chi connectivity index (χ0v) is 11.7. The second-order valence-corrected chi connectivity index (χ2v) is 5.93. The summed E-state index contributed by atoms with van der Waals surface area (Å²) in [5.74, 6) is -1.40. The Morgan fingerprint density at radius 2 is 2.05 bits per heavy atom. The third kappa shape index (κ3) is 2.64. The van der Waals surface area contributed by atoms with E-state index in [4.69, 9.17) is 5.11 Å². The molecule has 0 aliphatic carbocycles. The number of aromatic carboxylic acids is 1. The summed E-state index contributed by atoms with van der Waals surface area (Å²) < 4.78 is 26.9. The number of carbonyl (C=O) groups is 1. The largest absolute Gasteiger partial charge is 0.476 e. The van der Waals surface area contributed by atoms with Gasteiger partial charge >= 0.3 is 5.97 Å². The highest BCUT2D eigenvalue weighted by atomic mass is 32.2. The van der Waals surface area contributed by atoms with E-state index in [1.165, 1.54) is 6.92 Å². The molecule has 0 bridgehead atoms. The number of hydrogen-bond donors (Lipinski definition) is 3. The average molecular weight is 295 g/mol. The van der Waals surface area contributed by atoms with Crippen molar-refractivity contribution in [3.8, 4) is 0 Å². The van der Waals surface area contributed by atoms with Gasteiger partial charge in [-0.2, -0.15) is 5.10 Å². The molecule has 0 radical (unpaired) electrons. The van der Waals surface area contributed by atoms with E-state index in [0.29, 0.717) is 5.69 Å². The molecule has 2 aromatic rings. The van der Waals surface area contributed by atoms with Gasteiger partial charge in [0.2, 0.25) is 0 Å². The maximum Gasteiger partial charge on any atom is 0.357 e. The Morgan fingerprint density at radius 3 is 2.65 bits per heavy atom. The summed E-state index contributed by atoms with van der Waals surface area (Å²) in [6.45, 7) is 3.27. The van der Waals surface area contributed by atoms with E-state index >= 15 is 0 Å². The van der Waals surface area contributed by atoms with Gasteiger partial charge in [-0.1, -0.05) is 12.1 Å². The predicted molar refractivity (Wildman–Crippen MR) is 72.3 cm³/mol. The fourth-order valence-corrected chi connectivity index (χ4v) is 3.18. The minimum absolute atomic E-state index is 0.169. The number of carboxylic acids is 1. The van der Waals surface area contributed by atoms with Gasteiger partial charge in [0.05, 0.1) is 5.69 Å². The number of benzene rings is 1. The Morgan fingerprint density at radius 1 is 1.35 bits per heavy atom. The van der Waals surface area contributed by atoms with Gasteiger partial charge in [0.15, 0.2) is 5.69 Å². The van der Waals surface area contributed by atoms with Gasteiger partial charge < -0.3 is 5.11 Å². The first-order valence-electron chi connectivity index (χ1n) is 5.69. The van der Waals surface area contributed by atoms with Crippen LogP contribution in [0.4, 0.5) is 5.69 Å². The van der Waals surface area contributed by atoms with Gasteiger partial charge in [0.1, 0.15) is 4.90 Å². The van der Waals surface area contributed by atoms with Crippen molar-refractivity contribution in [2.75, 3.05) is 4.72 Å². The van der Waals surface area contributed by atoms with Crippen molar-refractivity contribution in [3.05, 3.63) is 41.2 Å². The molecule has 0 unspecified atom stereocenters. The maximum absolute atomic E-state index is 12.3. The Kier molecular flexibility index (Phi) is 3.49. The number of nitrogens with one attached hydrogen (secondary N) is 2. The number of nitrogens with zero attached hydrogens (tertiary/aromatic N) is 1. The van der Waals surface area contributed by atoms with Crippen molar-refractivity contribution in [1.29, 1.82) is 0 Å². The summed E-state index contributed by atoms with van der Waals surface area (Å²) in [6.07, 6.45) is 0. The normalized spacial score (nSPS) is 11.3. The molecule has 0 fully saturated rings. The standard InChI is InChI=1S/C12H13N3O4S/c1-7-4-3-5-9(6-7)15-20(18,19)11-8(2)13-14-10(11)12(16)17/h3-6,15H,1-2H3,(H,13,14)(H,16,17). The Hall–Kier alpha value is -2.35. The quantitative estimate of drug-likeness (QED) is 0.791. The number of anilines is 1. The van der Waals surface area contributed by atoms with Crippen LogP contribution in [0.5, 0.6) is 0 Å². The first-order chi connectivity index (χ1) is 9.31. The monoisotopic (exact) mass is 295 g/mol. The number of H-pyrrole nitrogens is 1. The van der Waals surface area contributed by atoms with Crippen molar-refractivity contribution < 1.29 is 18.3 Å². The Labute approximate surface area is 115 Å². The van der Waals surface area contributed by atoms with Crippen LogP contribution in [0.25, 0.3) is 0 Å². The lowest BCUT2D eigenvalue weighted by atomic mass is 10.2. The lowest BCUT2D eigenvalue weighted by Gasteiger charge is -2.08. The number of sulfonamides is 1.